The largest absolute Gasteiger partial charge is 0.357 e. The van der Waals surface area contributed by atoms with Crippen LogP contribution in [0.5, 0.6) is 0 Å². The number of nitrogens with zero attached hydrogens (tertiary/aromatic N) is 2. The van der Waals surface area contributed by atoms with Gasteiger partial charge in [0.05, 0.1) is 0 Å². The van der Waals surface area contributed by atoms with Gasteiger partial charge in [0.1, 0.15) is 0 Å². The van der Waals surface area contributed by atoms with Gasteiger partial charge >= 0.3 is 0 Å². The van der Waals surface area contributed by atoms with E-state index in [-0.39, 0.29) is 0 Å². The summed E-state index contributed by atoms with van der Waals surface area (Å²) in [6.45, 7) is 0. The minimum atomic E-state index is -1.49. The summed E-state index contributed by atoms with van der Waals surface area (Å²) in [4.78, 5) is 37.5. The fourth-order valence-corrected chi connectivity index (χ4v) is 3.24. The lowest BCUT2D eigenvalue weighted by atomic mass is 10.0. The van der Waals surface area contributed by atoms with Crippen molar-refractivity contribution in [3.63, 3.8) is 0 Å². The van der Waals surface area contributed by atoms with Crippen LogP contribution < -0.4 is 10.8 Å². The molecule has 1 atom stereocenters. The molecule has 0 spiro atoms. The van der Waals surface area contributed by atoms with Gasteiger partial charge < -0.3 is 14.8 Å². The van der Waals surface area contributed by atoms with Gasteiger partial charge in [0.2, 0.25) is 0 Å². The van der Waals surface area contributed by atoms with Crippen LogP contribution in [-0.4, -0.2) is 52.5 Å². The maximum Gasteiger partial charge on any atom is 0.275 e. The highest BCUT2D eigenvalue weighted by Crippen LogP contribution is 2.25. The molecule has 2 aromatic carbocycles. The van der Waals surface area contributed by atoms with Gasteiger partial charge in [-0.05, 0) is 40.8 Å². The Labute approximate surface area is 167 Å². The molecule has 0 radical (unpaired) electrons. The number of hydrogen-bond acceptors (Lipinski definition) is 4. The summed E-state index contributed by atoms with van der Waals surface area (Å²) in [5, 5.41) is 12.3. The number of fused-ring (bicyclic) bond motifs is 1. The average Bonchev–Trinajstić information content (AvgIpc) is 3.13. The Balaban J connectivity index is 1.86. The molecule has 29 heavy (non-hydrogen) atoms. The van der Waals surface area contributed by atoms with E-state index in [1.165, 1.54) is 19.6 Å². The molecule has 1 heterocycles. The first-order valence-corrected chi connectivity index (χ1v) is 8.95. The number of rotatable bonds is 5. The van der Waals surface area contributed by atoms with Gasteiger partial charge in [0.15, 0.2) is 6.04 Å². The highest BCUT2D eigenvalue weighted by molar-refractivity contribution is 6.08. The standard InChI is InChI=1S/C21H22N4O4/c1-22-19(26)18(20(27)23-29)25(3)21(28)15-7-4-13(5-8-15)16-9-6-14-10-11-24(2)17(14)12-16/h4-12,18,29H,1-3H3,(H,22,26)(H,23,27). The summed E-state index contributed by atoms with van der Waals surface area (Å²) < 4.78 is 2.04. The van der Waals surface area contributed by atoms with Crippen molar-refractivity contribution in [2.75, 3.05) is 14.1 Å². The lowest BCUT2D eigenvalue weighted by Gasteiger charge is -2.25. The molecule has 0 aliphatic carbocycles. The quantitative estimate of drug-likeness (QED) is 0.347. The lowest BCUT2D eigenvalue weighted by molar-refractivity contribution is -0.140. The zero-order valence-electron chi connectivity index (χ0n) is 16.3. The van der Waals surface area contributed by atoms with Crippen molar-refractivity contribution in [3.05, 3.63) is 60.3 Å². The van der Waals surface area contributed by atoms with Crippen LogP contribution in [0.2, 0.25) is 0 Å². The van der Waals surface area contributed by atoms with Crippen LogP contribution in [0.25, 0.3) is 22.0 Å². The van der Waals surface area contributed by atoms with Crippen molar-refractivity contribution in [3.8, 4) is 11.1 Å². The number of hydroxylamine groups is 1. The van der Waals surface area contributed by atoms with E-state index in [0.29, 0.717) is 5.56 Å². The van der Waals surface area contributed by atoms with E-state index in [4.69, 9.17) is 5.21 Å². The summed E-state index contributed by atoms with van der Waals surface area (Å²) in [5.74, 6) is -2.22. The van der Waals surface area contributed by atoms with E-state index < -0.39 is 23.8 Å². The number of aromatic nitrogens is 1. The fraction of sp³-hybridized carbons (Fsp3) is 0.190. The second-order valence-corrected chi connectivity index (χ2v) is 6.69. The van der Waals surface area contributed by atoms with Crippen LogP contribution >= 0.6 is 0 Å². The highest BCUT2D eigenvalue weighted by atomic mass is 16.5. The fourth-order valence-electron chi connectivity index (χ4n) is 3.24. The van der Waals surface area contributed by atoms with Gasteiger partial charge in [-0.2, -0.15) is 0 Å². The number of aryl methyl sites for hydroxylation is 1. The number of nitrogens with one attached hydrogen (secondary N) is 2. The SMILES string of the molecule is CNC(=O)C(C(=O)NO)N(C)C(=O)c1ccc(-c2ccc3ccn(C)c3c2)cc1. The molecule has 0 saturated carbocycles. The van der Waals surface area contributed by atoms with Crippen molar-refractivity contribution in [2.24, 2.45) is 7.05 Å². The van der Waals surface area contributed by atoms with Gasteiger partial charge in [-0.1, -0.05) is 24.3 Å². The van der Waals surface area contributed by atoms with Gasteiger partial charge in [0.25, 0.3) is 17.7 Å². The Morgan fingerprint density at radius 3 is 2.28 bits per heavy atom. The molecule has 3 rings (SSSR count). The molecule has 3 N–H and O–H groups in total. The number of amides is 3. The molecule has 8 nitrogen and oxygen atoms in total. The van der Waals surface area contributed by atoms with Crippen molar-refractivity contribution < 1.29 is 19.6 Å². The van der Waals surface area contributed by atoms with E-state index in [9.17, 15) is 14.4 Å². The molecular formula is C21H22N4O4. The Morgan fingerprint density at radius 2 is 1.66 bits per heavy atom. The van der Waals surface area contributed by atoms with Crippen LogP contribution in [-0.2, 0) is 16.6 Å². The van der Waals surface area contributed by atoms with Gasteiger partial charge in [-0.25, -0.2) is 5.48 Å². The van der Waals surface area contributed by atoms with Crippen LogP contribution in [0.4, 0.5) is 0 Å². The van der Waals surface area contributed by atoms with Crippen molar-refractivity contribution in [2.45, 2.75) is 6.04 Å². The van der Waals surface area contributed by atoms with E-state index in [1.54, 1.807) is 12.1 Å². The normalized spacial score (nSPS) is 11.7. The average molecular weight is 394 g/mol. The molecule has 0 aliphatic heterocycles. The van der Waals surface area contributed by atoms with E-state index >= 15 is 0 Å². The maximum absolute atomic E-state index is 12.7. The van der Waals surface area contributed by atoms with E-state index in [1.807, 2.05) is 48.1 Å². The molecule has 3 amide bonds. The Kier molecular flexibility index (Phi) is 5.65. The van der Waals surface area contributed by atoms with Crippen molar-refractivity contribution in [1.82, 2.24) is 20.3 Å². The minimum absolute atomic E-state index is 0.316. The summed E-state index contributed by atoms with van der Waals surface area (Å²) in [5.41, 5.74) is 4.78. The number of carbonyl (C=O) groups excluding carboxylic acids is 3. The Morgan fingerprint density at radius 1 is 1.00 bits per heavy atom. The second-order valence-electron chi connectivity index (χ2n) is 6.69. The molecule has 150 valence electrons. The van der Waals surface area contributed by atoms with E-state index in [0.717, 1.165) is 26.9 Å². The zero-order chi connectivity index (χ0) is 21.1. The second kappa shape index (κ2) is 8.15. The van der Waals surface area contributed by atoms with Gasteiger partial charge in [-0.3, -0.25) is 19.6 Å². The third kappa shape index (κ3) is 3.83. The molecule has 0 aliphatic rings. The van der Waals surface area contributed by atoms with Crippen molar-refractivity contribution in [1.29, 1.82) is 0 Å². The van der Waals surface area contributed by atoms with Gasteiger partial charge in [-0.15, -0.1) is 0 Å². The van der Waals surface area contributed by atoms with Gasteiger partial charge in [0, 0.05) is 38.4 Å². The first-order chi connectivity index (χ1) is 13.9. The lowest BCUT2D eigenvalue weighted by Crippen LogP contribution is -2.54. The van der Waals surface area contributed by atoms with Crippen molar-refractivity contribution >= 4 is 28.6 Å². The first-order valence-electron chi connectivity index (χ1n) is 8.95. The number of likely N-dealkylation sites (N-methyl/N-ethyl adjacent to an activating group) is 2. The predicted molar refractivity (Wildman–Crippen MR) is 108 cm³/mol. The van der Waals surface area contributed by atoms with Crippen LogP contribution in [0.1, 0.15) is 10.4 Å². The molecular weight excluding hydrogens is 372 g/mol. The minimum Gasteiger partial charge on any atom is -0.357 e. The summed E-state index contributed by atoms with van der Waals surface area (Å²) in [7, 11) is 4.65. The summed E-state index contributed by atoms with van der Waals surface area (Å²) in [6, 6.07) is 13.6. The van der Waals surface area contributed by atoms with Crippen LogP contribution in [0, 0.1) is 0 Å². The Hall–Kier alpha value is -3.65. The number of benzene rings is 2. The zero-order valence-corrected chi connectivity index (χ0v) is 16.3. The number of hydrogen-bond donors (Lipinski definition) is 3. The molecule has 0 saturated heterocycles. The highest BCUT2D eigenvalue weighted by Gasteiger charge is 2.33. The molecule has 8 heteroatoms. The molecule has 0 fully saturated rings. The molecule has 0 bridgehead atoms. The smallest absolute Gasteiger partial charge is 0.275 e. The third-order valence-corrected chi connectivity index (χ3v) is 4.91. The monoisotopic (exact) mass is 394 g/mol. The third-order valence-electron chi connectivity index (χ3n) is 4.91. The number of carbonyl (C=O) groups is 3. The first kappa shape index (κ1) is 20.1. The molecule has 1 unspecified atom stereocenters. The predicted octanol–water partition coefficient (Wildman–Crippen LogP) is 1.54. The topological polar surface area (TPSA) is 104 Å². The molecule has 1 aromatic heterocycles. The molecule has 3 aromatic rings. The maximum atomic E-state index is 12.7. The van der Waals surface area contributed by atoms with Crippen LogP contribution in [0.15, 0.2) is 54.7 Å². The summed E-state index contributed by atoms with van der Waals surface area (Å²) in [6.07, 6.45) is 2.00. The summed E-state index contributed by atoms with van der Waals surface area (Å²) >= 11 is 0. The van der Waals surface area contributed by atoms with Crippen LogP contribution in [0.3, 0.4) is 0 Å². The van der Waals surface area contributed by atoms with E-state index in [2.05, 4.69) is 11.4 Å². The Bertz CT molecular complexity index is 1060.